The van der Waals surface area contributed by atoms with Crippen molar-refractivity contribution in [3.05, 3.63) is 0 Å². The van der Waals surface area contributed by atoms with E-state index in [2.05, 4.69) is 0 Å². The quantitative estimate of drug-likeness (QED) is 0.366. The standard InChI is InChI=1S/Li.Ni.2Zn.H/q+1;;;;-1. The van der Waals surface area contributed by atoms with Gasteiger partial charge in [-0.25, -0.2) is 0 Å². The molecule has 0 atom stereocenters. The Labute approximate surface area is 75.0 Å². The van der Waals surface area contributed by atoms with Crippen molar-refractivity contribution < 1.29 is 75.7 Å². The van der Waals surface area contributed by atoms with Crippen LogP contribution in [-0.4, -0.2) is 0 Å². The zero-order chi connectivity index (χ0) is 0. The molecule has 0 fully saturated rings. The second-order valence-corrected chi connectivity index (χ2v) is 0. The average molecular weight is 197 g/mol. The molecule has 4 heteroatoms. The van der Waals surface area contributed by atoms with Crippen LogP contribution in [0.15, 0.2) is 0 Å². The van der Waals surface area contributed by atoms with Crippen LogP contribution in [0.2, 0.25) is 0 Å². The van der Waals surface area contributed by atoms with Gasteiger partial charge < -0.3 is 1.43 Å². The molecule has 0 aliphatic carbocycles. The molecule has 0 unspecified atom stereocenters. The van der Waals surface area contributed by atoms with Crippen LogP contribution in [0.5, 0.6) is 0 Å². The molecule has 4 heavy (non-hydrogen) atoms. The molecular formula is HLiNiZn2. The Morgan fingerprint density at radius 2 is 1.00 bits per heavy atom. The van der Waals surface area contributed by atoms with Crippen LogP contribution in [0, 0.1) is 0 Å². The molecule has 0 aromatic carbocycles. The van der Waals surface area contributed by atoms with Crippen LogP contribution in [0.1, 0.15) is 1.43 Å². The van der Waals surface area contributed by atoms with Gasteiger partial charge >= 0.3 is 18.9 Å². The van der Waals surface area contributed by atoms with Crippen molar-refractivity contribution in [2.75, 3.05) is 0 Å². The van der Waals surface area contributed by atoms with Crippen LogP contribution >= 0.6 is 0 Å². The summed E-state index contributed by atoms with van der Waals surface area (Å²) in [6, 6.07) is 0. The molecule has 0 aliphatic rings. The molecule has 0 heterocycles. The average Bonchev–Trinajstić information content (AvgIpc) is 0. The SMILES string of the molecule is [H-].[Li+].[Ni].[Zn].[Zn]. The van der Waals surface area contributed by atoms with E-state index < -0.39 is 0 Å². The van der Waals surface area contributed by atoms with Gasteiger partial charge in [-0.05, 0) is 0 Å². The van der Waals surface area contributed by atoms with Crippen molar-refractivity contribution in [1.82, 2.24) is 0 Å². The van der Waals surface area contributed by atoms with E-state index in [1.54, 1.807) is 0 Å². The molecule has 0 N–H and O–H groups in total. The molecule has 0 aromatic rings. The number of hydrogen-bond acceptors (Lipinski definition) is 0. The van der Waals surface area contributed by atoms with E-state index in [0.717, 1.165) is 0 Å². The maximum absolute atomic E-state index is 0. The van der Waals surface area contributed by atoms with E-state index in [1.807, 2.05) is 0 Å². The zero-order valence-corrected chi connectivity index (χ0v) is 9.65. The van der Waals surface area contributed by atoms with E-state index in [4.69, 9.17) is 0 Å². The summed E-state index contributed by atoms with van der Waals surface area (Å²) in [6.45, 7) is 0. The van der Waals surface area contributed by atoms with E-state index in [1.165, 1.54) is 0 Å². The van der Waals surface area contributed by atoms with Crippen molar-refractivity contribution >= 4 is 0 Å². The molecule has 0 rings (SSSR count). The Balaban J connectivity index is 0. The summed E-state index contributed by atoms with van der Waals surface area (Å²) >= 11 is 0. The fourth-order valence-electron chi connectivity index (χ4n) is 0. The molecular weight excluding hydrogens is 196 g/mol. The summed E-state index contributed by atoms with van der Waals surface area (Å²) < 4.78 is 0. The smallest absolute Gasteiger partial charge is 1.00 e. The number of hydrogen-bond donors (Lipinski definition) is 0. The Morgan fingerprint density at radius 3 is 1.00 bits per heavy atom. The number of rotatable bonds is 0. The second kappa shape index (κ2) is 18.4. The van der Waals surface area contributed by atoms with Gasteiger partial charge in [-0.15, -0.1) is 0 Å². The largest absolute Gasteiger partial charge is 1.00 e. The molecule has 0 spiro atoms. The summed E-state index contributed by atoms with van der Waals surface area (Å²) in [7, 11) is 0. The van der Waals surface area contributed by atoms with Crippen LogP contribution < -0.4 is 18.9 Å². The van der Waals surface area contributed by atoms with E-state index >= 15 is 0 Å². The van der Waals surface area contributed by atoms with Gasteiger partial charge in [0.05, 0.1) is 0 Å². The van der Waals surface area contributed by atoms with Gasteiger partial charge in [0.25, 0.3) is 0 Å². The maximum atomic E-state index is 0. The van der Waals surface area contributed by atoms with Gasteiger partial charge in [0.15, 0.2) is 0 Å². The first kappa shape index (κ1) is 33.0. The minimum absolute atomic E-state index is 0. The van der Waals surface area contributed by atoms with Gasteiger partial charge in [-0.3, -0.25) is 0 Å². The first-order valence-electron chi connectivity index (χ1n) is 0. The predicted molar refractivity (Wildman–Crippen MR) is 1.11 cm³/mol. The van der Waals surface area contributed by atoms with Gasteiger partial charge in [-0.1, -0.05) is 0 Å². The Morgan fingerprint density at radius 1 is 1.00 bits per heavy atom. The van der Waals surface area contributed by atoms with Crippen molar-refractivity contribution in [3.8, 4) is 0 Å². The topological polar surface area (TPSA) is 0 Å². The zero-order valence-electron chi connectivity index (χ0n) is 3.73. The minimum atomic E-state index is 0. The molecule has 0 radical (unpaired) electrons. The van der Waals surface area contributed by atoms with Gasteiger partial charge in [-0.2, -0.15) is 0 Å². The van der Waals surface area contributed by atoms with Crippen LogP contribution in [0.4, 0.5) is 0 Å². The van der Waals surface area contributed by atoms with Crippen molar-refractivity contribution in [2.24, 2.45) is 0 Å². The molecule has 0 aliphatic heterocycles. The van der Waals surface area contributed by atoms with Gasteiger partial charge in [0, 0.05) is 55.4 Å². The molecule has 0 saturated carbocycles. The Kier molecular flexibility index (Phi) is 152. The third kappa shape index (κ3) is 8.84. The second-order valence-electron chi connectivity index (χ2n) is 0. The normalized spacial score (nSPS) is 0. The summed E-state index contributed by atoms with van der Waals surface area (Å²) in [6.07, 6.45) is 0. The van der Waals surface area contributed by atoms with Crippen molar-refractivity contribution in [1.29, 1.82) is 0 Å². The molecule has 0 saturated heterocycles. The summed E-state index contributed by atoms with van der Waals surface area (Å²) in [5, 5.41) is 0. The van der Waals surface area contributed by atoms with E-state index in [-0.39, 0.29) is 75.7 Å². The Bertz CT molecular complexity index is 9.61. The first-order chi connectivity index (χ1) is 0. The molecule has 0 amide bonds. The fourth-order valence-corrected chi connectivity index (χ4v) is 0. The third-order valence-corrected chi connectivity index (χ3v) is 0. The van der Waals surface area contributed by atoms with Gasteiger partial charge in [0.2, 0.25) is 0 Å². The van der Waals surface area contributed by atoms with E-state index in [0.29, 0.717) is 0 Å². The summed E-state index contributed by atoms with van der Waals surface area (Å²) in [4.78, 5) is 0. The Hall–Kier alpha value is 2.34. The maximum Gasteiger partial charge on any atom is 1.00 e. The minimum Gasteiger partial charge on any atom is -1.00 e. The fraction of sp³-hybridized carbons (Fsp3) is 0. The molecule has 0 aromatic heterocycles. The molecule has 0 bridgehead atoms. The monoisotopic (exact) mass is 194 g/mol. The summed E-state index contributed by atoms with van der Waals surface area (Å²) in [5.41, 5.74) is 0. The van der Waals surface area contributed by atoms with Crippen LogP contribution in [0.3, 0.4) is 0 Å². The van der Waals surface area contributed by atoms with Gasteiger partial charge in [0.1, 0.15) is 0 Å². The van der Waals surface area contributed by atoms with Crippen LogP contribution in [0.25, 0.3) is 0 Å². The first-order valence-corrected chi connectivity index (χ1v) is 0. The van der Waals surface area contributed by atoms with E-state index in [9.17, 15) is 0 Å². The molecule has 16 valence electrons. The van der Waals surface area contributed by atoms with Crippen LogP contribution in [-0.2, 0) is 55.4 Å². The molecule has 0 nitrogen and oxygen atoms in total. The predicted octanol–water partition coefficient (Wildman–Crippen LogP) is -2.89. The van der Waals surface area contributed by atoms with Crippen molar-refractivity contribution in [2.45, 2.75) is 0 Å². The third-order valence-electron chi connectivity index (χ3n) is 0. The van der Waals surface area contributed by atoms with Crippen molar-refractivity contribution in [3.63, 3.8) is 0 Å². The summed E-state index contributed by atoms with van der Waals surface area (Å²) in [5.74, 6) is 0.